The van der Waals surface area contributed by atoms with Crippen molar-refractivity contribution in [2.75, 3.05) is 0 Å². The Morgan fingerprint density at radius 2 is 1.74 bits per heavy atom. The third-order valence-corrected chi connectivity index (χ3v) is 4.70. The van der Waals surface area contributed by atoms with Crippen molar-refractivity contribution in [3.63, 3.8) is 0 Å². The average Bonchev–Trinajstić information content (AvgIpc) is 2.31. The highest BCUT2D eigenvalue weighted by Crippen LogP contribution is 2.20. The van der Waals surface area contributed by atoms with Crippen LogP contribution < -0.4 is 0 Å². The number of hydrogen-bond donors (Lipinski definition) is 0. The Hall–Kier alpha value is -1.32. The van der Waals surface area contributed by atoms with Gasteiger partial charge in [0, 0.05) is 5.02 Å². The Morgan fingerprint density at radius 1 is 1.00 bits per heavy atom. The van der Waals surface area contributed by atoms with Crippen LogP contribution >= 0.6 is 11.6 Å². The quantitative estimate of drug-likeness (QED) is 0.860. The minimum Gasteiger partial charge on any atom is -0.228 e. The first kappa shape index (κ1) is 14.1. The standard InChI is InChI=1S/C15H15ClO2S/c1-12-5-4-6-13(9-12)10-19(17,18)11-14-7-2-3-8-15(14)16/h2-9H,10-11H2,1H3. The van der Waals surface area contributed by atoms with Crippen molar-refractivity contribution in [2.45, 2.75) is 18.4 Å². The fraction of sp³-hybridized carbons (Fsp3) is 0.200. The van der Waals surface area contributed by atoms with Gasteiger partial charge in [0.05, 0.1) is 11.5 Å². The van der Waals surface area contributed by atoms with E-state index < -0.39 is 9.84 Å². The molecule has 2 aromatic rings. The van der Waals surface area contributed by atoms with Crippen molar-refractivity contribution in [3.05, 3.63) is 70.2 Å². The minimum absolute atomic E-state index is 0.0272. The van der Waals surface area contributed by atoms with Gasteiger partial charge < -0.3 is 0 Å². The zero-order valence-electron chi connectivity index (χ0n) is 10.6. The van der Waals surface area contributed by atoms with Crippen LogP contribution in [0.5, 0.6) is 0 Å². The lowest BCUT2D eigenvalue weighted by atomic mass is 10.2. The second-order valence-corrected chi connectivity index (χ2v) is 7.08. The van der Waals surface area contributed by atoms with E-state index in [1.54, 1.807) is 24.3 Å². The van der Waals surface area contributed by atoms with Gasteiger partial charge in [-0.2, -0.15) is 0 Å². The number of benzene rings is 2. The molecule has 4 heteroatoms. The van der Waals surface area contributed by atoms with Gasteiger partial charge >= 0.3 is 0 Å². The van der Waals surface area contributed by atoms with Crippen molar-refractivity contribution in [1.82, 2.24) is 0 Å². The van der Waals surface area contributed by atoms with Gasteiger partial charge in [-0.1, -0.05) is 59.6 Å². The van der Waals surface area contributed by atoms with Gasteiger partial charge in [0.25, 0.3) is 0 Å². The first-order valence-electron chi connectivity index (χ1n) is 5.96. The predicted octanol–water partition coefficient (Wildman–Crippen LogP) is 3.76. The van der Waals surface area contributed by atoms with Crippen molar-refractivity contribution < 1.29 is 8.42 Å². The van der Waals surface area contributed by atoms with Crippen molar-refractivity contribution >= 4 is 21.4 Å². The fourth-order valence-electron chi connectivity index (χ4n) is 1.96. The molecule has 2 nitrogen and oxygen atoms in total. The summed E-state index contributed by atoms with van der Waals surface area (Å²) in [5.74, 6) is 0.0144. The molecule has 19 heavy (non-hydrogen) atoms. The number of aryl methyl sites for hydroxylation is 1. The van der Waals surface area contributed by atoms with Crippen LogP contribution in [0.1, 0.15) is 16.7 Å². The summed E-state index contributed by atoms with van der Waals surface area (Å²) in [6.07, 6.45) is 0. The predicted molar refractivity (Wildman–Crippen MR) is 79.0 cm³/mol. The number of halogens is 1. The maximum absolute atomic E-state index is 12.2. The molecular formula is C15H15ClO2S. The lowest BCUT2D eigenvalue weighted by Gasteiger charge is -2.07. The average molecular weight is 295 g/mol. The van der Waals surface area contributed by atoms with Gasteiger partial charge in [0.15, 0.2) is 9.84 Å². The van der Waals surface area contributed by atoms with E-state index in [2.05, 4.69) is 0 Å². The summed E-state index contributed by atoms with van der Waals surface area (Å²) in [7, 11) is -3.21. The van der Waals surface area contributed by atoms with Gasteiger partial charge in [-0.05, 0) is 24.1 Å². The van der Waals surface area contributed by atoms with Crippen LogP contribution in [0, 0.1) is 6.92 Å². The van der Waals surface area contributed by atoms with E-state index >= 15 is 0 Å². The summed E-state index contributed by atoms with van der Waals surface area (Å²) in [5.41, 5.74) is 2.52. The van der Waals surface area contributed by atoms with Crippen LogP contribution in [0.15, 0.2) is 48.5 Å². The van der Waals surface area contributed by atoms with Gasteiger partial charge in [-0.25, -0.2) is 8.42 Å². The summed E-state index contributed by atoms with van der Waals surface area (Å²) in [6, 6.07) is 14.6. The van der Waals surface area contributed by atoms with Crippen LogP contribution in [0.4, 0.5) is 0 Å². The molecule has 0 N–H and O–H groups in total. The topological polar surface area (TPSA) is 34.1 Å². The molecule has 0 saturated carbocycles. The molecule has 0 unspecified atom stereocenters. The van der Waals surface area contributed by atoms with Crippen LogP contribution in [0.3, 0.4) is 0 Å². The Balaban J connectivity index is 2.18. The molecule has 0 bridgehead atoms. The van der Waals surface area contributed by atoms with E-state index in [1.807, 2.05) is 31.2 Å². The van der Waals surface area contributed by atoms with Gasteiger partial charge in [0.1, 0.15) is 0 Å². The molecule has 2 aromatic carbocycles. The lowest BCUT2D eigenvalue weighted by molar-refractivity contribution is 0.594. The van der Waals surface area contributed by atoms with Gasteiger partial charge in [0.2, 0.25) is 0 Å². The third kappa shape index (κ3) is 4.08. The lowest BCUT2D eigenvalue weighted by Crippen LogP contribution is -2.08. The number of sulfone groups is 1. The van der Waals surface area contributed by atoms with Crippen LogP contribution in [-0.4, -0.2) is 8.42 Å². The summed E-state index contributed by atoms with van der Waals surface area (Å²) in [6.45, 7) is 1.95. The number of hydrogen-bond acceptors (Lipinski definition) is 2. The summed E-state index contributed by atoms with van der Waals surface area (Å²) >= 11 is 5.99. The van der Waals surface area contributed by atoms with E-state index in [0.717, 1.165) is 11.1 Å². The summed E-state index contributed by atoms with van der Waals surface area (Å²) in [5, 5.41) is 0.496. The van der Waals surface area contributed by atoms with E-state index in [-0.39, 0.29) is 11.5 Å². The molecule has 0 fully saturated rings. The second kappa shape index (κ2) is 5.76. The zero-order chi connectivity index (χ0) is 13.9. The molecule has 0 aliphatic carbocycles. The van der Waals surface area contributed by atoms with Crippen molar-refractivity contribution in [3.8, 4) is 0 Å². The summed E-state index contributed by atoms with van der Waals surface area (Å²) < 4.78 is 24.3. The fourth-order valence-corrected chi connectivity index (χ4v) is 3.76. The SMILES string of the molecule is Cc1cccc(CS(=O)(=O)Cc2ccccc2Cl)c1. The summed E-state index contributed by atoms with van der Waals surface area (Å²) in [4.78, 5) is 0. The van der Waals surface area contributed by atoms with E-state index in [4.69, 9.17) is 11.6 Å². The Labute approximate surface area is 119 Å². The molecule has 0 aliphatic rings. The largest absolute Gasteiger partial charge is 0.228 e. The molecule has 0 radical (unpaired) electrons. The Bertz CT molecular complexity index is 678. The van der Waals surface area contributed by atoms with Crippen LogP contribution in [0.2, 0.25) is 5.02 Å². The van der Waals surface area contributed by atoms with Gasteiger partial charge in [-0.15, -0.1) is 0 Å². The van der Waals surface area contributed by atoms with Crippen LogP contribution in [0.25, 0.3) is 0 Å². The van der Waals surface area contributed by atoms with Crippen molar-refractivity contribution in [2.24, 2.45) is 0 Å². The zero-order valence-corrected chi connectivity index (χ0v) is 12.2. The molecule has 0 amide bonds. The Kier molecular flexibility index (Phi) is 4.27. The molecule has 0 atom stereocenters. The molecule has 0 heterocycles. The first-order valence-corrected chi connectivity index (χ1v) is 8.15. The molecule has 0 aromatic heterocycles. The monoisotopic (exact) mass is 294 g/mol. The highest BCUT2D eigenvalue weighted by Gasteiger charge is 2.14. The molecule has 0 saturated heterocycles. The molecule has 2 rings (SSSR count). The Morgan fingerprint density at radius 3 is 2.42 bits per heavy atom. The second-order valence-electron chi connectivity index (χ2n) is 4.61. The van der Waals surface area contributed by atoms with E-state index in [0.29, 0.717) is 10.6 Å². The smallest absolute Gasteiger partial charge is 0.158 e. The van der Waals surface area contributed by atoms with Crippen molar-refractivity contribution in [1.29, 1.82) is 0 Å². The molecular weight excluding hydrogens is 280 g/mol. The number of rotatable bonds is 4. The van der Waals surface area contributed by atoms with E-state index in [9.17, 15) is 8.42 Å². The van der Waals surface area contributed by atoms with Crippen LogP contribution in [-0.2, 0) is 21.3 Å². The molecule has 100 valence electrons. The molecule has 0 aliphatic heterocycles. The first-order chi connectivity index (χ1) is 8.96. The normalized spacial score (nSPS) is 11.5. The third-order valence-electron chi connectivity index (χ3n) is 2.80. The highest BCUT2D eigenvalue weighted by atomic mass is 35.5. The highest BCUT2D eigenvalue weighted by molar-refractivity contribution is 7.89. The van der Waals surface area contributed by atoms with E-state index in [1.165, 1.54) is 0 Å². The maximum Gasteiger partial charge on any atom is 0.158 e. The minimum atomic E-state index is -3.21. The molecule has 0 spiro atoms. The maximum atomic E-state index is 12.2. The van der Waals surface area contributed by atoms with Gasteiger partial charge in [-0.3, -0.25) is 0 Å².